The van der Waals surface area contributed by atoms with Crippen molar-refractivity contribution >= 4 is 44.3 Å². The predicted molar refractivity (Wildman–Crippen MR) is 150 cm³/mol. The minimum absolute atomic E-state index is 0.0480. The number of hydrogen-bond acceptors (Lipinski definition) is 6. The van der Waals surface area contributed by atoms with Crippen LogP contribution in [-0.4, -0.2) is 62.9 Å². The Hall–Kier alpha value is -3.23. The summed E-state index contributed by atoms with van der Waals surface area (Å²) in [6.07, 6.45) is 7.06. The van der Waals surface area contributed by atoms with Crippen molar-refractivity contribution in [1.29, 1.82) is 0 Å². The third-order valence-electron chi connectivity index (χ3n) is 8.19. The quantitative estimate of drug-likeness (QED) is 0.314. The minimum Gasteiger partial charge on any atom is -0.465 e. The van der Waals surface area contributed by atoms with Gasteiger partial charge in [-0.2, -0.15) is 0 Å². The van der Waals surface area contributed by atoms with Gasteiger partial charge in [-0.05, 0) is 68.0 Å². The van der Waals surface area contributed by atoms with E-state index in [-0.39, 0.29) is 24.5 Å². The molecule has 6 rings (SSSR count). The molecular weight excluding hydrogens is 496 g/mol. The molecule has 7 nitrogen and oxygen atoms in total. The summed E-state index contributed by atoms with van der Waals surface area (Å²) in [5.41, 5.74) is 4.82. The van der Waals surface area contributed by atoms with Crippen LogP contribution in [0.25, 0.3) is 21.1 Å². The van der Waals surface area contributed by atoms with Gasteiger partial charge in [0.2, 0.25) is 5.91 Å². The standard InChI is InChI=1S/C30H34N4O3S/c1-3-37-30(36)18-33(19(2)35)24-14-22-9-10-23(15-24)34(22)17-21-16-31-26-11-8-20(12-25(21)26)13-29-32-27-6-4-5-7-28(27)38-29/h4-8,11-12,16,22-24,31H,3,9-10,13-15,17-18H2,1-2H3/t22-,23+,24+. The van der Waals surface area contributed by atoms with Gasteiger partial charge in [-0.3, -0.25) is 14.5 Å². The zero-order valence-corrected chi connectivity index (χ0v) is 22.8. The van der Waals surface area contributed by atoms with Crippen LogP contribution in [0.15, 0.2) is 48.7 Å². The number of H-pyrrole nitrogens is 1. The Balaban J connectivity index is 1.17. The SMILES string of the molecule is CCOC(=O)CN(C(C)=O)[C@H]1C[C@H]2CC[C@@H](C1)N2Cc1c[nH]c2ccc(Cc3nc4ccccc4s3)cc12. The number of carbonyl (C=O) groups is 2. The van der Waals surface area contributed by atoms with E-state index in [0.29, 0.717) is 18.7 Å². The topological polar surface area (TPSA) is 78.5 Å². The first-order valence-electron chi connectivity index (χ1n) is 13.6. The van der Waals surface area contributed by atoms with Gasteiger partial charge < -0.3 is 14.6 Å². The molecule has 0 saturated carbocycles. The second-order valence-corrected chi connectivity index (χ2v) is 11.7. The summed E-state index contributed by atoms with van der Waals surface area (Å²) < 4.78 is 6.36. The summed E-state index contributed by atoms with van der Waals surface area (Å²) in [6.45, 7) is 4.63. The number of rotatable bonds is 8. The Morgan fingerprint density at radius 3 is 2.68 bits per heavy atom. The number of fused-ring (bicyclic) bond motifs is 4. The average Bonchev–Trinajstić information content (AvgIpc) is 3.55. The van der Waals surface area contributed by atoms with Gasteiger partial charge in [-0.1, -0.05) is 18.2 Å². The number of nitrogens with one attached hydrogen (secondary N) is 1. The lowest BCUT2D eigenvalue weighted by atomic mass is 9.95. The van der Waals surface area contributed by atoms with Crippen LogP contribution in [0.1, 0.15) is 55.7 Å². The van der Waals surface area contributed by atoms with E-state index in [2.05, 4.69) is 52.5 Å². The van der Waals surface area contributed by atoms with Gasteiger partial charge in [0.25, 0.3) is 0 Å². The van der Waals surface area contributed by atoms with Crippen LogP contribution in [0.2, 0.25) is 0 Å². The van der Waals surface area contributed by atoms with E-state index in [9.17, 15) is 9.59 Å². The summed E-state index contributed by atoms with van der Waals surface area (Å²) in [5, 5.41) is 2.42. The van der Waals surface area contributed by atoms with Crippen molar-refractivity contribution in [3.63, 3.8) is 0 Å². The lowest BCUT2D eigenvalue weighted by molar-refractivity contribution is -0.150. The third kappa shape index (κ3) is 4.95. The summed E-state index contributed by atoms with van der Waals surface area (Å²) in [6, 6.07) is 15.9. The van der Waals surface area contributed by atoms with Crippen LogP contribution in [0.5, 0.6) is 0 Å². The summed E-state index contributed by atoms with van der Waals surface area (Å²) in [5.74, 6) is -0.369. The van der Waals surface area contributed by atoms with Crippen molar-refractivity contribution in [2.24, 2.45) is 0 Å². The number of benzene rings is 2. The molecule has 2 aliphatic heterocycles. The van der Waals surface area contributed by atoms with Gasteiger partial charge in [0.05, 0.1) is 21.8 Å². The fraction of sp³-hybridized carbons (Fsp3) is 0.433. The molecule has 38 heavy (non-hydrogen) atoms. The second-order valence-electron chi connectivity index (χ2n) is 10.6. The fourth-order valence-electron chi connectivity index (χ4n) is 6.43. The van der Waals surface area contributed by atoms with Gasteiger partial charge in [0, 0.05) is 55.1 Å². The van der Waals surface area contributed by atoms with Gasteiger partial charge in [-0.25, -0.2) is 4.98 Å². The molecule has 2 saturated heterocycles. The molecule has 8 heteroatoms. The highest BCUT2D eigenvalue weighted by atomic mass is 32.1. The molecule has 2 aliphatic rings. The predicted octanol–water partition coefficient (Wildman–Crippen LogP) is 5.28. The maximum atomic E-state index is 12.4. The molecule has 2 aromatic carbocycles. The van der Waals surface area contributed by atoms with E-state index in [1.165, 1.54) is 21.2 Å². The highest BCUT2D eigenvalue weighted by Crippen LogP contribution is 2.39. The number of thiazole rings is 1. The van der Waals surface area contributed by atoms with E-state index in [4.69, 9.17) is 9.72 Å². The number of amides is 1. The highest BCUT2D eigenvalue weighted by molar-refractivity contribution is 7.18. The van der Waals surface area contributed by atoms with Gasteiger partial charge in [0.1, 0.15) is 6.54 Å². The Morgan fingerprint density at radius 2 is 1.95 bits per heavy atom. The minimum atomic E-state index is -0.321. The Kier molecular flexibility index (Phi) is 6.93. The van der Waals surface area contributed by atoms with Crippen LogP contribution in [0, 0.1) is 0 Å². The van der Waals surface area contributed by atoms with Crippen molar-refractivity contribution in [1.82, 2.24) is 19.8 Å². The van der Waals surface area contributed by atoms with Crippen LogP contribution in [0.4, 0.5) is 0 Å². The Labute approximate surface area is 226 Å². The van der Waals surface area contributed by atoms with Crippen molar-refractivity contribution < 1.29 is 14.3 Å². The number of nitrogens with zero attached hydrogens (tertiary/aromatic N) is 3. The Morgan fingerprint density at radius 1 is 1.16 bits per heavy atom. The molecule has 2 fully saturated rings. The molecule has 4 heterocycles. The number of aromatic amines is 1. The lowest BCUT2D eigenvalue weighted by Crippen LogP contribution is -2.52. The zero-order valence-electron chi connectivity index (χ0n) is 22.0. The number of esters is 1. The van der Waals surface area contributed by atoms with E-state index < -0.39 is 0 Å². The number of carbonyl (C=O) groups excluding carboxylic acids is 2. The molecule has 0 radical (unpaired) electrons. The van der Waals surface area contributed by atoms with Gasteiger partial charge >= 0.3 is 5.97 Å². The van der Waals surface area contributed by atoms with Crippen LogP contribution >= 0.6 is 11.3 Å². The molecule has 1 amide bonds. The number of aromatic nitrogens is 2. The van der Waals surface area contributed by atoms with E-state index in [1.54, 1.807) is 30.1 Å². The second kappa shape index (κ2) is 10.5. The number of para-hydroxylation sites is 1. The molecule has 0 unspecified atom stereocenters. The van der Waals surface area contributed by atoms with Crippen molar-refractivity contribution in [3.05, 3.63) is 64.8 Å². The van der Waals surface area contributed by atoms with Crippen molar-refractivity contribution in [2.45, 2.75) is 70.6 Å². The summed E-state index contributed by atoms with van der Waals surface area (Å²) in [4.78, 5) is 37.2. The van der Waals surface area contributed by atoms with Crippen LogP contribution < -0.4 is 0 Å². The first-order valence-corrected chi connectivity index (χ1v) is 14.4. The maximum absolute atomic E-state index is 12.4. The number of piperidine rings is 1. The van der Waals surface area contributed by atoms with Crippen molar-refractivity contribution in [3.8, 4) is 0 Å². The molecule has 2 bridgehead atoms. The largest absolute Gasteiger partial charge is 0.465 e. The fourth-order valence-corrected chi connectivity index (χ4v) is 7.44. The van der Waals surface area contributed by atoms with Crippen LogP contribution in [-0.2, 0) is 27.3 Å². The number of hydrogen-bond donors (Lipinski definition) is 1. The highest BCUT2D eigenvalue weighted by Gasteiger charge is 2.43. The molecule has 198 valence electrons. The first-order chi connectivity index (χ1) is 18.5. The Bertz CT molecular complexity index is 1430. The van der Waals surface area contributed by atoms with Gasteiger partial charge in [0.15, 0.2) is 0 Å². The molecule has 0 spiro atoms. The number of ether oxygens (including phenoxy) is 1. The normalized spacial score (nSPS) is 21.3. The zero-order chi connectivity index (χ0) is 26.2. The molecule has 2 aromatic heterocycles. The molecule has 1 N–H and O–H groups in total. The first kappa shape index (κ1) is 25.1. The molecule has 3 atom stereocenters. The third-order valence-corrected chi connectivity index (χ3v) is 9.22. The molecule has 0 aliphatic carbocycles. The monoisotopic (exact) mass is 530 g/mol. The van der Waals surface area contributed by atoms with E-state index >= 15 is 0 Å². The molecular formula is C30H34N4O3S. The lowest BCUT2D eigenvalue weighted by Gasteiger charge is -2.42. The average molecular weight is 531 g/mol. The molecule has 4 aromatic rings. The smallest absolute Gasteiger partial charge is 0.325 e. The van der Waals surface area contributed by atoms with Crippen LogP contribution in [0.3, 0.4) is 0 Å². The van der Waals surface area contributed by atoms with E-state index in [0.717, 1.165) is 54.7 Å². The summed E-state index contributed by atoms with van der Waals surface area (Å²) in [7, 11) is 0. The maximum Gasteiger partial charge on any atom is 0.325 e. The van der Waals surface area contributed by atoms with Gasteiger partial charge in [-0.15, -0.1) is 11.3 Å². The summed E-state index contributed by atoms with van der Waals surface area (Å²) >= 11 is 1.77. The van der Waals surface area contributed by atoms with E-state index in [1.807, 2.05) is 6.07 Å². The van der Waals surface area contributed by atoms with Crippen molar-refractivity contribution in [2.75, 3.05) is 13.2 Å².